The number of allylic oxidation sites excluding steroid dienone is 2. The second-order valence-corrected chi connectivity index (χ2v) is 13.5. The molecule has 46 heavy (non-hydrogen) atoms. The average Bonchev–Trinajstić information content (AvgIpc) is 3.02. The number of rotatable bonds is 33. The number of carboxylic acids is 1. The number of phosphoric acid groups is 1. The van der Waals surface area contributed by atoms with E-state index in [1.165, 1.54) is 57.8 Å². The van der Waals surface area contributed by atoms with Crippen molar-refractivity contribution in [1.29, 1.82) is 0 Å². The monoisotopic (exact) mass is 677 g/mol. The van der Waals surface area contributed by atoms with Crippen LogP contribution >= 0.6 is 7.82 Å². The van der Waals surface area contributed by atoms with E-state index in [-0.39, 0.29) is 19.4 Å². The van der Waals surface area contributed by atoms with Crippen LogP contribution in [0.15, 0.2) is 12.2 Å². The molecule has 12 heteroatoms. The van der Waals surface area contributed by atoms with Crippen molar-refractivity contribution < 1.29 is 47.5 Å². The molecule has 4 N–H and O–H groups in total. The third-order valence-electron chi connectivity index (χ3n) is 7.51. The molecule has 0 aromatic rings. The van der Waals surface area contributed by atoms with Crippen LogP contribution < -0.4 is 5.73 Å². The number of phosphoric ester groups is 1. The summed E-state index contributed by atoms with van der Waals surface area (Å²) in [4.78, 5) is 45.5. The van der Waals surface area contributed by atoms with Gasteiger partial charge < -0.3 is 25.2 Å². The number of nitrogens with two attached hydrogens (primary N) is 1. The Bertz CT molecular complexity index is 854. The van der Waals surface area contributed by atoms with Crippen molar-refractivity contribution >= 4 is 25.7 Å². The highest BCUT2D eigenvalue weighted by Crippen LogP contribution is 2.43. The van der Waals surface area contributed by atoms with Crippen molar-refractivity contribution in [2.24, 2.45) is 5.73 Å². The molecule has 0 saturated heterocycles. The average molecular weight is 678 g/mol. The SMILES string of the molecule is CCCCC/C=C/CCCCCCCC(=O)O[C@H](COC(=O)CCCCCCCCCCCC)COP(=O)(O)OC[C@H](N)C(=O)O. The highest BCUT2D eigenvalue weighted by Gasteiger charge is 2.28. The third kappa shape index (κ3) is 29.6. The fourth-order valence-corrected chi connectivity index (χ4v) is 5.42. The van der Waals surface area contributed by atoms with E-state index in [2.05, 4.69) is 30.5 Å². The minimum Gasteiger partial charge on any atom is -0.480 e. The van der Waals surface area contributed by atoms with E-state index in [0.29, 0.717) is 12.8 Å². The number of unbranched alkanes of at least 4 members (excludes halogenated alkanes) is 17. The van der Waals surface area contributed by atoms with E-state index in [1.54, 1.807) is 0 Å². The number of ether oxygens (including phenoxy) is 2. The van der Waals surface area contributed by atoms with Crippen molar-refractivity contribution in [1.82, 2.24) is 0 Å². The van der Waals surface area contributed by atoms with Gasteiger partial charge in [0.1, 0.15) is 12.6 Å². The molecule has 0 aliphatic carbocycles. The van der Waals surface area contributed by atoms with Gasteiger partial charge in [-0.15, -0.1) is 0 Å². The quantitative estimate of drug-likeness (QED) is 0.0265. The van der Waals surface area contributed by atoms with Crippen LogP contribution in [0.2, 0.25) is 0 Å². The van der Waals surface area contributed by atoms with Gasteiger partial charge in [-0.25, -0.2) is 4.57 Å². The second-order valence-electron chi connectivity index (χ2n) is 12.0. The number of hydrogen-bond acceptors (Lipinski definition) is 9. The van der Waals surface area contributed by atoms with Crippen LogP contribution in [0, 0.1) is 0 Å². The highest BCUT2D eigenvalue weighted by atomic mass is 31.2. The molecule has 0 aromatic heterocycles. The molecule has 0 amide bonds. The number of carbonyl (C=O) groups excluding carboxylic acids is 2. The summed E-state index contributed by atoms with van der Waals surface area (Å²) in [6, 6.07) is -1.52. The van der Waals surface area contributed by atoms with Crippen LogP contribution in [0.1, 0.15) is 155 Å². The van der Waals surface area contributed by atoms with E-state index in [9.17, 15) is 23.8 Å². The molecule has 0 aliphatic heterocycles. The largest absolute Gasteiger partial charge is 0.480 e. The first-order chi connectivity index (χ1) is 22.1. The van der Waals surface area contributed by atoms with Gasteiger partial charge in [-0.05, 0) is 38.5 Å². The number of hydrogen-bond donors (Lipinski definition) is 3. The van der Waals surface area contributed by atoms with Gasteiger partial charge >= 0.3 is 25.7 Å². The van der Waals surface area contributed by atoms with Crippen molar-refractivity contribution in [3.05, 3.63) is 12.2 Å². The fraction of sp³-hybridized carbons (Fsp3) is 0.853. The number of aliphatic carboxylic acids is 1. The molecule has 0 spiro atoms. The van der Waals surface area contributed by atoms with E-state index >= 15 is 0 Å². The number of carbonyl (C=O) groups is 3. The molecule has 270 valence electrons. The maximum absolute atomic E-state index is 12.5. The zero-order valence-electron chi connectivity index (χ0n) is 28.7. The Morgan fingerprint density at radius 2 is 1.09 bits per heavy atom. The van der Waals surface area contributed by atoms with Crippen molar-refractivity contribution in [3.63, 3.8) is 0 Å². The van der Waals surface area contributed by atoms with Gasteiger partial charge in [0.05, 0.1) is 13.2 Å². The van der Waals surface area contributed by atoms with Crippen molar-refractivity contribution in [2.75, 3.05) is 19.8 Å². The van der Waals surface area contributed by atoms with Crippen LogP contribution in [0.4, 0.5) is 0 Å². The number of esters is 2. The minimum absolute atomic E-state index is 0.154. The van der Waals surface area contributed by atoms with E-state index in [1.807, 2.05) is 0 Å². The van der Waals surface area contributed by atoms with E-state index in [4.69, 9.17) is 24.8 Å². The molecule has 0 bridgehead atoms. The molecule has 0 fully saturated rings. The summed E-state index contributed by atoms with van der Waals surface area (Å²) in [5.41, 5.74) is 5.30. The van der Waals surface area contributed by atoms with Gasteiger partial charge in [-0.2, -0.15) is 0 Å². The first-order valence-corrected chi connectivity index (χ1v) is 19.2. The Morgan fingerprint density at radius 3 is 1.63 bits per heavy atom. The van der Waals surface area contributed by atoms with Gasteiger partial charge in [0.15, 0.2) is 6.10 Å². The molecule has 3 atom stereocenters. The van der Waals surface area contributed by atoms with E-state index in [0.717, 1.165) is 57.8 Å². The summed E-state index contributed by atoms with van der Waals surface area (Å²) < 4.78 is 32.4. The van der Waals surface area contributed by atoms with Crippen LogP contribution in [-0.4, -0.2) is 59.9 Å². The molecule has 0 rings (SSSR count). The maximum atomic E-state index is 12.5. The minimum atomic E-state index is -4.70. The van der Waals surface area contributed by atoms with E-state index < -0.39 is 51.1 Å². The smallest absolute Gasteiger partial charge is 0.472 e. The predicted octanol–water partition coefficient (Wildman–Crippen LogP) is 8.17. The Labute approximate surface area is 278 Å². The summed E-state index contributed by atoms with van der Waals surface area (Å²) in [6.45, 7) is 2.72. The fourth-order valence-electron chi connectivity index (χ4n) is 4.65. The van der Waals surface area contributed by atoms with Crippen molar-refractivity contribution in [2.45, 2.75) is 167 Å². The second kappa shape index (κ2) is 30.5. The summed E-state index contributed by atoms with van der Waals surface area (Å²) in [5, 5.41) is 8.83. The Morgan fingerprint density at radius 1 is 0.652 bits per heavy atom. The maximum Gasteiger partial charge on any atom is 0.472 e. The van der Waals surface area contributed by atoms with Gasteiger partial charge in [0.2, 0.25) is 0 Å². The third-order valence-corrected chi connectivity index (χ3v) is 8.46. The molecule has 0 aliphatic rings. The van der Waals surface area contributed by atoms with Gasteiger partial charge in [0.25, 0.3) is 0 Å². The molecule has 0 saturated carbocycles. The van der Waals surface area contributed by atoms with Crippen molar-refractivity contribution in [3.8, 4) is 0 Å². The van der Waals surface area contributed by atoms with Gasteiger partial charge in [0, 0.05) is 12.8 Å². The Hall–Kier alpha value is -1.78. The lowest BCUT2D eigenvalue weighted by molar-refractivity contribution is -0.161. The lowest BCUT2D eigenvalue weighted by Gasteiger charge is -2.20. The summed E-state index contributed by atoms with van der Waals surface area (Å²) in [5.74, 6) is -2.39. The summed E-state index contributed by atoms with van der Waals surface area (Å²) in [6.07, 6.45) is 25.8. The molecular formula is C34H64NO10P. The molecular weight excluding hydrogens is 613 g/mol. The normalized spacial score (nSPS) is 14.2. The molecule has 1 unspecified atom stereocenters. The van der Waals surface area contributed by atoms with Gasteiger partial charge in [-0.3, -0.25) is 23.4 Å². The van der Waals surface area contributed by atoms with Crippen LogP contribution in [0.25, 0.3) is 0 Å². The van der Waals surface area contributed by atoms with Gasteiger partial charge in [-0.1, -0.05) is 116 Å². The first-order valence-electron chi connectivity index (χ1n) is 17.7. The first kappa shape index (κ1) is 44.2. The zero-order valence-corrected chi connectivity index (χ0v) is 29.6. The molecule has 0 heterocycles. The standard InChI is InChI=1S/C34H64NO10P/c1-3-5-7-9-11-13-15-16-18-20-22-24-26-33(37)45-30(28-43-46(40,41)44-29-31(35)34(38)39)27-42-32(36)25-23-21-19-17-14-12-10-8-6-4-2/h11,13,30-31H,3-10,12,14-29,35H2,1-2H3,(H,38,39)(H,40,41)/b13-11+/t30-,31+/m1/s1. The molecule has 0 aromatic carbocycles. The van der Waals surface area contributed by atoms with Crippen LogP contribution in [0.5, 0.6) is 0 Å². The molecule has 11 nitrogen and oxygen atoms in total. The van der Waals surface area contributed by atoms with Crippen LogP contribution in [-0.2, 0) is 37.5 Å². The lowest BCUT2D eigenvalue weighted by Crippen LogP contribution is -2.34. The topological polar surface area (TPSA) is 172 Å². The zero-order chi connectivity index (χ0) is 34.3. The Kier molecular flexibility index (Phi) is 29.4. The predicted molar refractivity (Wildman–Crippen MR) is 180 cm³/mol. The van der Waals surface area contributed by atoms with Crippen LogP contribution in [0.3, 0.4) is 0 Å². The summed E-state index contributed by atoms with van der Waals surface area (Å²) in [7, 11) is -4.70. The number of carboxylic acid groups (broad SMARTS) is 1. The summed E-state index contributed by atoms with van der Waals surface area (Å²) >= 11 is 0. The highest BCUT2D eigenvalue weighted by molar-refractivity contribution is 7.47. The lowest BCUT2D eigenvalue weighted by atomic mass is 10.1. The molecule has 0 radical (unpaired) electrons. The Balaban J connectivity index is 4.50.